The molecule has 2 aromatic rings. The van der Waals surface area contributed by atoms with Gasteiger partial charge in [0.05, 0.1) is 0 Å². The summed E-state index contributed by atoms with van der Waals surface area (Å²) in [6.07, 6.45) is 1.59. The standard InChI is InChI=1S/C11H12FN3O2S/c1-8-3-4-9(12)10(7-8)18(16,17)14-11-5-6-15(2)13-11/h3-7H,1-2H3,(H,13,14). The maximum Gasteiger partial charge on any atom is 0.266 e. The lowest BCUT2D eigenvalue weighted by atomic mass is 10.2. The van der Waals surface area contributed by atoms with Crippen LogP contribution in [0.1, 0.15) is 5.56 Å². The van der Waals surface area contributed by atoms with Crippen molar-refractivity contribution in [3.63, 3.8) is 0 Å². The smallest absolute Gasteiger partial charge is 0.266 e. The molecule has 0 aliphatic rings. The van der Waals surface area contributed by atoms with Crippen molar-refractivity contribution in [2.45, 2.75) is 11.8 Å². The van der Waals surface area contributed by atoms with Crippen molar-refractivity contribution < 1.29 is 12.8 Å². The molecule has 0 bridgehead atoms. The minimum Gasteiger partial charge on any atom is -0.274 e. The van der Waals surface area contributed by atoms with Gasteiger partial charge in [0.25, 0.3) is 10.0 Å². The molecule has 0 amide bonds. The zero-order chi connectivity index (χ0) is 13.3. The third kappa shape index (κ3) is 2.51. The Kier molecular flexibility index (Phi) is 3.08. The highest BCUT2D eigenvalue weighted by molar-refractivity contribution is 7.92. The fourth-order valence-corrected chi connectivity index (χ4v) is 2.64. The molecule has 0 spiro atoms. The molecule has 18 heavy (non-hydrogen) atoms. The number of halogens is 1. The predicted octanol–water partition coefficient (Wildman–Crippen LogP) is 1.67. The Morgan fingerprint density at radius 1 is 1.33 bits per heavy atom. The van der Waals surface area contributed by atoms with Crippen molar-refractivity contribution in [3.05, 3.63) is 41.8 Å². The topological polar surface area (TPSA) is 64.0 Å². The molecule has 0 unspecified atom stereocenters. The van der Waals surface area contributed by atoms with E-state index in [0.29, 0.717) is 5.56 Å². The van der Waals surface area contributed by atoms with Crippen LogP contribution in [0.4, 0.5) is 10.2 Å². The average molecular weight is 269 g/mol. The SMILES string of the molecule is Cc1ccc(F)c(S(=O)(=O)Nc2ccn(C)n2)c1. The van der Waals surface area contributed by atoms with Gasteiger partial charge >= 0.3 is 0 Å². The van der Waals surface area contributed by atoms with Gasteiger partial charge in [-0.15, -0.1) is 0 Å². The van der Waals surface area contributed by atoms with E-state index in [9.17, 15) is 12.8 Å². The Morgan fingerprint density at radius 2 is 2.06 bits per heavy atom. The lowest BCUT2D eigenvalue weighted by Crippen LogP contribution is -2.15. The molecule has 96 valence electrons. The van der Waals surface area contributed by atoms with Crippen molar-refractivity contribution in [2.24, 2.45) is 7.05 Å². The molecule has 0 radical (unpaired) electrons. The van der Waals surface area contributed by atoms with Gasteiger partial charge in [0.1, 0.15) is 10.7 Å². The molecule has 0 saturated carbocycles. The van der Waals surface area contributed by atoms with Gasteiger partial charge in [0.2, 0.25) is 0 Å². The number of nitrogens with zero attached hydrogens (tertiary/aromatic N) is 2. The fourth-order valence-electron chi connectivity index (χ4n) is 1.48. The van der Waals surface area contributed by atoms with Crippen LogP contribution in [0.2, 0.25) is 0 Å². The monoisotopic (exact) mass is 269 g/mol. The van der Waals surface area contributed by atoms with Gasteiger partial charge in [0.15, 0.2) is 5.82 Å². The van der Waals surface area contributed by atoms with E-state index < -0.39 is 15.8 Å². The van der Waals surface area contributed by atoms with Crippen LogP contribution in [-0.2, 0) is 17.1 Å². The van der Waals surface area contributed by atoms with Crippen LogP contribution in [0.5, 0.6) is 0 Å². The van der Waals surface area contributed by atoms with Crippen molar-refractivity contribution in [1.29, 1.82) is 0 Å². The number of nitrogens with one attached hydrogen (secondary N) is 1. The van der Waals surface area contributed by atoms with E-state index in [0.717, 1.165) is 6.07 Å². The molecule has 5 nitrogen and oxygen atoms in total. The summed E-state index contributed by atoms with van der Waals surface area (Å²) >= 11 is 0. The number of benzene rings is 1. The molecule has 0 aliphatic carbocycles. The van der Waals surface area contributed by atoms with E-state index in [1.165, 1.54) is 22.9 Å². The normalized spacial score (nSPS) is 11.5. The van der Waals surface area contributed by atoms with Crippen molar-refractivity contribution in [2.75, 3.05) is 4.72 Å². The average Bonchev–Trinajstić information content (AvgIpc) is 2.66. The van der Waals surface area contributed by atoms with Crippen LogP contribution in [-0.4, -0.2) is 18.2 Å². The Labute approximate surface area is 104 Å². The second-order valence-electron chi connectivity index (χ2n) is 3.91. The maximum absolute atomic E-state index is 13.5. The third-order valence-electron chi connectivity index (χ3n) is 2.33. The van der Waals surface area contributed by atoms with Crippen molar-refractivity contribution >= 4 is 15.8 Å². The van der Waals surface area contributed by atoms with E-state index in [-0.39, 0.29) is 10.7 Å². The highest BCUT2D eigenvalue weighted by Gasteiger charge is 2.20. The Hall–Kier alpha value is -1.89. The molecule has 1 heterocycles. The quantitative estimate of drug-likeness (QED) is 0.921. The first-order chi connectivity index (χ1) is 8.38. The first kappa shape index (κ1) is 12.6. The lowest BCUT2D eigenvalue weighted by molar-refractivity contribution is 0.569. The molecule has 0 atom stereocenters. The molecular weight excluding hydrogens is 257 g/mol. The zero-order valence-corrected chi connectivity index (χ0v) is 10.7. The van der Waals surface area contributed by atoms with Crippen LogP contribution in [0.3, 0.4) is 0 Å². The van der Waals surface area contributed by atoms with Crippen molar-refractivity contribution in [3.8, 4) is 0 Å². The van der Waals surface area contributed by atoms with Gasteiger partial charge in [0, 0.05) is 19.3 Å². The van der Waals surface area contributed by atoms with Gasteiger partial charge in [-0.2, -0.15) is 5.10 Å². The van der Waals surface area contributed by atoms with E-state index in [4.69, 9.17) is 0 Å². The van der Waals surface area contributed by atoms with Gasteiger partial charge < -0.3 is 0 Å². The molecular formula is C11H12FN3O2S. The number of aromatic nitrogens is 2. The number of anilines is 1. The van der Waals surface area contributed by atoms with E-state index >= 15 is 0 Å². The second-order valence-corrected chi connectivity index (χ2v) is 5.56. The van der Waals surface area contributed by atoms with E-state index in [1.807, 2.05) is 0 Å². The first-order valence-corrected chi connectivity index (χ1v) is 6.65. The number of rotatable bonds is 3. The second kappa shape index (κ2) is 4.41. The van der Waals surface area contributed by atoms with Crippen LogP contribution < -0.4 is 4.72 Å². The minimum atomic E-state index is -3.95. The molecule has 7 heteroatoms. The van der Waals surface area contributed by atoms with Gasteiger partial charge in [-0.1, -0.05) is 6.07 Å². The van der Waals surface area contributed by atoms with Crippen LogP contribution >= 0.6 is 0 Å². The molecule has 1 N–H and O–H groups in total. The summed E-state index contributed by atoms with van der Waals surface area (Å²) in [6.45, 7) is 1.69. The lowest BCUT2D eigenvalue weighted by Gasteiger charge is -2.07. The maximum atomic E-state index is 13.5. The molecule has 0 fully saturated rings. The van der Waals surface area contributed by atoms with Crippen LogP contribution in [0, 0.1) is 12.7 Å². The van der Waals surface area contributed by atoms with Gasteiger partial charge in [-0.25, -0.2) is 12.8 Å². The van der Waals surface area contributed by atoms with Crippen molar-refractivity contribution in [1.82, 2.24) is 9.78 Å². The summed E-state index contributed by atoms with van der Waals surface area (Å²) in [6, 6.07) is 5.41. The predicted molar refractivity (Wildman–Crippen MR) is 65.2 cm³/mol. The zero-order valence-electron chi connectivity index (χ0n) is 9.88. The van der Waals surface area contributed by atoms with Gasteiger partial charge in [-0.3, -0.25) is 9.40 Å². The highest BCUT2D eigenvalue weighted by Crippen LogP contribution is 2.18. The Balaban J connectivity index is 2.39. The van der Waals surface area contributed by atoms with E-state index in [2.05, 4.69) is 9.82 Å². The summed E-state index contributed by atoms with van der Waals surface area (Å²) < 4.78 is 41.2. The van der Waals surface area contributed by atoms with E-state index in [1.54, 1.807) is 20.2 Å². The number of sulfonamides is 1. The number of hydrogen-bond donors (Lipinski definition) is 1. The van der Waals surface area contributed by atoms with Gasteiger partial charge in [-0.05, 0) is 24.6 Å². The molecule has 0 aliphatic heterocycles. The molecule has 1 aromatic carbocycles. The summed E-state index contributed by atoms with van der Waals surface area (Å²) in [7, 11) is -2.30. The molecule has 2 rings (SSSR count). The largest absolute Gasteiger partial charge is 0.274 e. The Morgan fingerprint density at radius 3 is 2.67 bits per heavy atom. The summed E-state index contributed by atoms with van der Waals surface area (Å²) in [5.74, 6) is -0.637. The molecule has 0 saturated heterocycles. The Bertz CT molecular complexity index is 679. The minimum absolute atomic E-state index is 0.151. The van der Waals surface area contributed by atoms with Crippen LogP contribution in [0.25, 0.3) is 0 Å². The van der Waals surface area contributed by atoms with Crippen LogP contribution in [0.15, 0.2) is 35.4 Å². The third-order valence-corrected chi connectivity index (χ3v) is 3.70. The summed E-state index contributed by atoms with van der Waals surface area (Å²) in [5, 5.41) is 3.88. The number of aryl methyl sites for hydroxylation is 2. The fraction of sp³-hybridized carbons (Fsp3) is 0.182. The summed E-state index contributed by atoms with van der Waals surface area (Å²) in [5.41, 5.74) is 0.665. The first-order valence-electron chi connectivity index (χ1n) is 5.17. The number of hydrogen-bond acceptors (Lipinski definition) is 3. The summed E-state index contributed by atoms with van der Waals surface area (Å²) in [4.78, 5) is -0.381. The molecule has 1 aromatic heterocycles. The highest BCUT2D eigenvalue weighted by atomic mass is 32.2.